The molecule has 0 aliphatic heterocycles. The smallest absolute Gasteiger partial charge is 0.267 e. The summed E-state index contributed by atoms with van der Waals surface area (Å²) in [4.78, 5) is 15.4. The van der Waals surface area contributed by atoms with Gasteiger partial charge < -0.3 is 10.3 Å². The van der Waals surface area contributed by atoms with Gasteiger partial charge in [0.1, 0.15) is 5.69 Å². The summed E-state index contributed by atoms with van der Waals surface area (Å²) in [5.41, 5.74) is 7.07. The molecule has 0 bridgehead atoms. The number of nitrogens with zero attached hydrogens (tertiary/aromatic N) is 4. The molecular formula is C14H19N5OS. The summed E-state index contributed by atoms with van der Waals surface area (Å²) in [5.74, 6) is 1.24. The Morgan fingerprint density at radius 3 is 2.76 bits per heavy atom. The van der Waals surface area contributed by atoms with Gasteiger partial charge in [0.25, 0.3) is 5.91 Å². The number of aromatic nitrogens is 4. The fourth-order valence-electron chi connectivity index (χ4n) is 1.92. The van der Waals surface area contributed by atoms with Crippen molar-refractivity contribution in [2.45, 2.75) is 31.8 Å². The second-order valence-corrected chi connectivity index (χ2v) is 5.82. The van der Waals surface area contributed by atoms with E-state index < -0.39 is 5.91 Å². The highest BCUT2D eigenvalue weighted by molar-refractivity contribution is 7.99. The lowest BCUT2D eigenvalue weighted by molar-refractivity contribution is 0.0995. The van der Waals surface area contributed by atoms with Gasteiger partial charge in [-0.25, -0.2) is 4.98 Å². The zero-order valence-corrected chi connectivity index (χ0v) is 13.3. The lowest BCUT2D eigenvalue weighted by Crippen LogP contribution is -2.13. The minimum Gasteiger partial charge on any atom is -0.364 e. The Morgan fingerprint density at radius 2 is 2.14 bits per heavy atom. The predicted octanol–water partition coefficient (Wildman–Crippen LogP) is 2.18. The van der Waals surface area contributed by atoms with Crippen molar-refractivity contribution in [2.24, 2.45) is 12.8 Å². The number of nitrogens with two attached hydrogens (primary N) is 1. The average molecular weight is 305 g/mol. The molecule has 0 radical (unpaired) electrons. The van der Waals surface area contributed by atoms with Gasteiger partial charge in [0.15, 0.2) is 11.0 Å². The number of carbonyl (C=O) groups excluding carboxylic acids is 1. The van der Waals surface area contributed by atoms with Gasteiger partial charge in [-0.15, -0.1) is 10.2 Å². The standard InChI is InChI=1S/C14H19N5OS/c1-4-5-8-21-14-18-17-13(19(14)3)10-6-7-11(12(15)20)16-9(10)2/h6-7H,4-5,8H2,1-3H3,(H2,15,20). The van der Waals surface area contributed by atoms with Crippen LogP contribution in [0.15, 0.2) is 17.3 Å². The van der Waals surface area contributed by atoms with Gasteiger partial charge in [-0.2, -0.15) is 0 Å². The van der Waals surface area contributed by atoms with E-state index in [1.54, 1.807) is 17.8 Å². The van der Waals surface area contributed by atoms with E-state index in [0.29, 0.717) is 5.69 Å². The van der Waals surface area contributed by atoms with Crippen molar-refractivity contribution in [2.75, 3.05) is 5.75 Å². The van der Waals surface area contributed by atoms with Crippen molar-refractivity contribution in [3.8, 4) is 11.4 Å². The highest BCUT2D eigenvalue weighted by atomic mass is 32.2. The van der Waals surface area contributed by atoms with E-state index in [1.807, 2.05) is 24.6 Å². The fraction of sp³-hybridized carbons (Fsp3) is 0.429. The highest BCUT2D eigenvalue weighted by Crippen LogP contribution is 2.25. The minimum absolute atomic E-state index is 0.260. The van der Waals surface area contributed by atoms with Crippen LogP contribution < -0.4 is 5.73 Å². The molecule has 6 nitrogen and oxygen atoms in total. The number of hydrogen-bond acceptors (Lipinski definition) is 5. The summed E-state index contributed by atoms with van der Waals surface area (Å²) in [6.07, 6.45) is 2.32. The molecule has 0 aromatic carbocycles. The Hall–Kier alpha value is -1.89. The zero-order valence-electron chi connectivity index (χ0n) is 12.5. The van der Waals surface area contributed by atoms with Crippen LogP contribution in [0.2, 0.25) is 0 Å². The van der Waals surface area contributed by atoms with Crippen molar-refractivity contribution in [3.63, 3.8) is 0 Å². The molecule has 2 N–H and O–H groups in total. The molecule has 112 valence electrons. The van der Waals surface area contributed by atoms with Crippen molar-refractivity contribution in [3.05, 3.63) is 23.5 Å². The SMILES string of the molecule is CCCCSc1nnc(-c2ccc(C(N)=O)nc2C)n1C. The van der Waals surface area contributed by atoms with Gasteiger partial charge in [-0.3, -0.25) is 4.79 Å². The molecule has 0 saturated carbocycles. The number of amides is 1. The normalized spacial score (nSPS) is 10.8. The third kappa shape index (κ3) is 3.41. The lowest BCUT2D eigenvalue weighted by Gasteiger charge is -2.07. The van der Waals surface area contributed by atoms with Crippen molar-refractivity contribution in [1.29, 1.82) is 0 Å². The average Bonchev–Trinajstić information content (AvgIpc) is 2.80. The molecule has 2 rings (SSSR count). The van der Waals surface area contributed by atoms with Gasteiger partial charge in [-0.1, -0.05) is 25.1 Å². The van der Waals surface area contributed by atoms with E-state index in [-0.39, 0.29) is 5.69 Å². The summed E-state index contributed by atoms with van der Waals surface area (Å²) in [7, 11) is 1.94. The summed E-state index contributed by atoms with van der Waals surface area (Å²) >= 11 is 1.70. The van der Waals surface area contributed by atoms with Gasteiger partial charge in [0.2, 0.25) is 0 Å². The molecule has 2 aromatic heterocycles. The van der Waals surface area contributed by atoms with E-state index in [0.717, 1.165) is 35.1 Å². The maximum Gasteiger partial charge on any atom is 0.267 e. The van der Waals surface area contributed by atoms with Crippen molar-refractivity contribution in [1.82, 2.24) is 19.7 Å². The van der Waals surface area contributed by atoms with Crippen LogP contribution in [0, 0.1) is 6.92 Å². The van der Waals surface area contributed by atoms with Gasteiger partial charge in [0.05, 0.1) is 0 Å². The Labute approximate surface area is 128 Å². The lowest BCUT2D eigenvalue weighted by atomic mass is 10.1. The quantitative estimate of drug-likeness (QED) is 0.653. The van der Waals surface area contributed by atoms with Crippen molar-refractivity contribution < 1.29 is 4.79 Å². The first-order chi connectivity index (χ1) is 10.0. The molecule has 0 spiro atoms. The Bertz CT molecular complexity index is 653. The van der Waals surface area contributed by atoms with Crippen LogP contribution in [0.5, 0.6) is 0 Å². The van der Waals surface area contributed by atoms with Crippen LogP contribution in [0.3, 0.4) is 0 Å². The molecule has 1 amide bonds. The van der Waals surface area contributed by atoms with Crippen LogP contribution in [-0.2, 0) is 7.05 Å². The third-order valence-electron chi connectivity index (χ3n) is 3.14. The van der Waals surface area contributed by atoms with E-state index in [4.69, 9.17) is 5.73 Å². The van der Waals surface area contributed by atoms with E-state index in [9.17, 15) is 4.79 Å². The van der Waals surface area contributed by atoms with Crippen molar-refractivity contribution >= 4 is 17.7 Å². The Morgan fingerprint density at radius 1 is 1.38 bits per heavy atom. The molecule has 2 aromatic rings. The van der Waals surface area contributed by atoms with E-state index >= 15 is 0 Å². The number of carbonyl (C=O) groups is 1. The molecule has 0 unspecified atom stereocenters. The van der Waals surface area contributed by atoms with E-state index in [2.05, 4.69) is 22.1 Å². The van der Waals surface area contributed by atoms with Crippen LogP contribution >= 0.6 is 11.8 Å². The highest BCUT2D eigenvalue weighted by Gasteiger charge is 2.15. The van der Waals surface area contributed by atoms with Crippen LogP contribution in [-0.4, -0.2) is 31.4 Å². The monoisotopic (exact) mass is 305 g/mol. The first-order valence-corrected chi connectivity index (χ1v) is 7.83. The molecule has 2 heterocycles. The Kier molecular flexibility index (Phi) is 4.95. The molecule has 0 aliphatic rings. The molecule has 0 aliphatic carbocycles. The second kappa shape index (κ2) is 6.71. The fourth-order valence-corrected chi connectivity index (χ4v) is 2.91. The zero-order chi connectivity index (χ0) is 15.4. The van der Waals surface area contributed by atoms with Gasteiger partial charge in [-0.05, 0) is 25.5 Å². The molecule has 0 fully saturated rings. The first-order valence-electron chi connectivity index (χ1n) is 6.84. The first kappa shape index (κ1) is 15.5. The largest absolute Gasteiger partial charge is 0.364 e. The summed E-state index contributed by atoms with van der Waals surface area (Å²) < 4.78 is 1.95. The molecule has 0 saturated heterocycles. The number of pyridine rings is 1. The number of primary amides is 1. The topological polar surface area (TPSA) is 86.7 Å². The molecular weight excluding hydrogens is 286 g/mol. The number of thioether (sulfide) groups is 1. The van der Waals surface area contributed by atoms with Crippen LogP contribution in [0.4, 0.5) is 0 Å². The second-order valence-electron chi connectivity index (χ2n) is 4.76. The number of rotatable bonds is 6. The van der Waals surface area contributed by atoms with Crippen LogP contribution in [0.1, 0.15) is 35.9 Å². The maximum atomic E-state index is 11.1. The van der Waals surface area contributed by atoms with E-state index in [1.165, 1.54) is 0 Å². The summed E-state index contributed by atoms with van der Waals surface area (Å²) in [6, 6.07) is 3.43. The van der Waals surface area contributed by atoms with Crippen LogP contribution in [0.25, 0.3) is 11.4 Å². The molecule has 0 atom stereocenters. The minimum atomic E-state index is -0.529. The predicted molar refractivity (Wildman–Crippen MR) is 83.1 cm³/mol. The summed E-state index contributed by atoms with van der Waals surface area (Å²) in [6.45, 7) is 4.00. The number of hydrogen-bond donors (Lipinski definition) is 1. The summed E-state index contributed by atoms with van der Waals surface area (Å²) in [5, 5.41) is 9.34. The number of aryl methyl sites for hydroxylation is 1. The number of unbranched alkanes of at least 4 members (excludes halogenated alkanes) is 1. The van der Waals surface area contributed by atoms with Gasteiger partial charge in [0, 0.05) is 24.1 Å². The Balaban J connectivity index is 2.28. The maximum absolute atomic E-state index is 11.1. The molecule has 7 heteroatoms. The van der Waals surface area contributed by atoms with Gasteiger partial charge >= 0.3 is 0 Å². The molecule has 21 heavy (non-hydrogen) atoms. The third-order valence-corrected chi connectivity index (χ3v) is 4.25.